The maximum absolute atomic E-state index is 12.4. The molecule has 0 aromatic heterocycles. The monoisotopic (exact) mass is 387 g/mol. The second-order valence-corrected chi connectivity index (χ2v) is 8.65. The van der Waals surface area contributed by atoms with Crippen LogP contribution in [0.4, 0.5) is 5.69 Å². The van der Waals surface area contributed by atoms with Gasteiger partial charge in [0.25, 0.3) is 0 Å². The van der Waals surface area contributed by atoms with Crippen LogP contribution in [0.15, 0.2) is 36.4 Å². The molecule has 1 aliphatic heterocycles. The standard InChI is InChI=1S/C20H21NO5S/c1-13-4-5-14(2)17(10-13)20(23)26-12-19(22)16-6-7-18-15(11-16)8-9-21(18)27(3,24)25/h4-7,10-11H,8-9,12H2,1-3H3. The zero-order chi connectivity index (χ0) is 19.8. The first-order valence-corrected chi connectivity index (χ1v) is 10.4. The first-order chi connectivity index (χ1) is 12.7. The van der Waals surface area contributed by atoms with Crippen molar-refractivity contribution in [3.05, 3.63) is 64.2 Å². The lowest BCUT2D eigenvalue weighted by molar-refractivity contribution is 0.0474. The molecule has 6 nitrogen and oxygen atoms in total. The molecule has 3 rings (SSSR count). The average molecular weight is 387 g/mol. The van der Waals surface area contributed by atoms with Crippen LogP contribution in [0.25, 0.3) is 0 Å². The average Bonchev–Trinajstić information content (AvgIpc) is 3.04. The first kappa shape index (κ1) is 19.1. The van der Waals surface area contributed by atoms with Gasteiger partial charge >= 0.3 is 5.97 Å². The van der Waals surface area contributed by atoms with Crippen LogP contribution in [0, 0.1) is 13.8 Å². The molecule has 0 atom stereocenters. The van der Waals surface area contributed by atoms with Gasteiger partial charge in [-0.15, -0.1) is 0 Å². The van der Waals surface area contributed by atoms with Crippen LogP contribution in [-0.2, 0) is 21.2 Å². The van der Waals surface area contributed by atoms with Gasteiger partial charge in [-0.1, -0.05) is 17.7 Å². The van der Waals surface area contributed by atoms with Gasteiger partial charge < -0.3 is 4.74 Å². The number of rotatable bonds is 5. The highest BCUT2D eigenvalue weighted by molar-refractivity contribution is 7.92. The zero-order valence-electron chi connectivity index (χ0n) is 15.5. The van der Waals surface area contributed by atoms with Gasteiger partial charge in [0, 0.05) is 12.1 Å². The van der Waals surface area contributed by atoms with Crippen molar-refractivity contribution in [2.24, 2.45) is 0 Å². The number of esters is 1. The highest BCUT2D eigenvalue weighted by Gasteiger charge is 2.27. The van der Waals surface area contributed by atoms with Crippen molar-refractivity contribution in [3.8, 4) is 0 Å². The molecule has 0 bridgehead atoms. The van der Waals surface area contributed by atoms with Crippen molar-refractivity contribution in [2.45, 2.75) is 20.3 Å². The molecule has 0 amide bonds. The van der Waals surface area contributed by atoms with Gasteiger partial charge in [0.05, 0.1) is 17.5 Å². The Morgan fingerprint density at radius 1 is 1.11 bits per heavy atom. The summed E-state index contributed by atoms with van der Waals surface area (Å²) in [7, 11) is -3.33. The van der Waals surface area contributed by atoms with Crippen molar-refractivity contribution in [2.75, 3.05) is 23.7 Å². The summed E-state index contributed by atoms with van der Waals surface area (Å²) < 4.78 is 30.1. The van der Waals surface area contributed by atoms with Crippen molar-refractivity contribution < 1.29 is 22.7 Å². The van der Waals surface area contributed by atoms with Crippen LogP contribution in [0.3, 0.4) is 0 Å². The molecule has 142 valence electrons. The maximum atomic E-state index is 12.4. The minimum atomic E-state index is -3.33. The molecule has 0 spiro atoms. The summed E-state index contributed by atoms with van der Waals surface area (Å²) in [4.78, 5) is 24.6. The lowest BCUT2D eigenvalue weighted by Crippen LogP contribution is -2.27. The van der Waals surface area contributed by atoms with Gasteiger partial charge in [0.15, 0.2) is 12.4 Å². The quantitative estimate of drug-likeness (QED) is 0.582. The minimum Gasteiger partial charge on any atom is -0.454 e. The van der Waals surface area contributed by atoms with Crippen LogP contribution in [0.2, 0.25) is 0 Å². The van der Waals surface area contributed by atoms with Crippen molar-refractivity contribution in [3.63, 3.8) is 0 Å². The summed E-state index contributed by atoms with van der Waals surface area (Å²) in [5.74, 6) is -0.858. The Morgan fingerprint density at radius 2 is 1.85 bits per heavy atom. The second-order valence-electron chi connectivity index (χ2n) is 6.75. The van der Waals surface area contributed by atoms with Crippen molar-refractivity contribution in [1.29, 1.82) is 0 Å². The fraction of sp³-hybridized carbons (Fsp3) is 0.300. The first-order valence-electron chi connectivity index (χ1n) is 8.55. The summed E-state index contributed by atoms with van der Waals surface area (Å²) in [6.07, 6.45) is 1.71. The van der Waals surface area contributed by atoms with E-state index in [0.717, 1.165) is 22.9 Å². The van der Waals surface area contributed by atoms with Gasteiger partial charge in [-0.25, -0.2) is 13.2 Å². The number of hydrogen-bond acceptors (Lipinski definition) is 5. The van der Waals surface area contributed by atoms with E-state index in [1.807, 2.05) is 26.0 Å². The third-order valence-corrected chi connectivity index (χ3v) is 5.78. The van der Waals surface area contributed by atoms with E-state index in [4.69, 9.17) is 4.74 Å². The van der Waals surface area contributed by atoms with Gasteiger partial charge in [0.2, 0.25) is 10.0 Å². The third-order valence-electron chi connectivity index (χ3n) is 4.60. The summed E-state index contributed by atoms with van der Waals surface area (Å²) in [6.45, 7) is 3.70. The summed E-state index contributed by atoms with van der Waals surface area (Å²) >= 11 is 0. The molecule has 0 fully saturated rings. The predicted molar refractivity (Wildman–Crippen MR) is 103 cm³/mol. The van der Waals surface area contributed by atoms with Gasteiger partial charge in [0.1, 0.15) is 0 Å². The fourth-order valence-corrected chi connectivity index (χ4v) is 4.10. The molecule has 0 saturated heterocycles. The lowest BCUT2D eigenvalue weighted by atomic mass is 10.1. The van der Waals surface area contributed by atoms with Crippen LogP contribution < -0.4 is 4.31 Å². The van der Waals surface area contributed by atoms with E-state index in [-0.39, 0.29) is 12.4 Å². The highest BCUT2D eigenvalue weighted by atomic mass is 32.2. The van der Waals surface area contributed by atoms with Crippen LogP contribution in [-0.4, -0.2) is 39.6 Å². The summed E-state index contributed by atoms with van der Waals surface area (Å²) in [5.41, 5.74) is 3.97. The number of nitrogens with zero attached hydrogens (tertiary/aromatic N) is 1. The number of benzene rings is 2. The molecular weight excluding hydrogens is 366 g/mol. The van der Waals surface area contributed by atoms with Crippen molar-refractivity contribution >= 4 is 27.5 Å². The fourth-order valence-electron chi connectivity index (χ4n) is 3.14. The molecule has 0 radical (unpaired) electrons. The van der Waals surface area contributed by atoms with Gasteiger partial charge in [-0.05, 0) is 55.7 Å². The van der Waals surface area contributed by atoms with Crippen LogP contribution in [0.1, 0.15) is 37.4 Å². The van der Waals surface area contributed by atoms with E-state index < -0.39 is 16.0 Å². The molecule has 0 saturated carbocycles. The smallest absolute Gasteiger partial charge is 0.338 e. The number of carbonyl (C=O) groups is 2. The van der Waals surface area contributed by atoms with E-state index >= 15 is 0 Å². The van der Waals surface area contributed by atoms with E-state index in [1.165, 1.54) is 4.31 Å². The topological polar surface area (TPSA) is 80.8 Å². The second kappa shape index (κ2) is 7.15. The number of ketones is 1. The SMILES string of the molecule is Cc1ccc(C)c(C(=O)OCC(=O)c2ccc3c(c2)CCN3S(C)(=O)=O)c1. The highest BCUT2D eigenvalue weighted by Crippen LogP contribution is 2.30. The minimum absolute atomic E-state index is 0.325. The maximum Gasteiger partial charge on any atom is 0.338 e. The van der Waals surface area contributed by atoms with E-state index in [0.29, 0.717) is 29.8 Å². The summed E-state index contributed by atoms with van der Waals surface area (Å²) in [6, 6.07) is 10.3. The number of sulfonamides is 1. The molecular formula is C20H21NO5S. The number of ether oxygens (including phenoxy) is 1. The van der Waals surface area contributed by atoms with Gasteiger partial charge in [-0.3, -0.25) is 9.10 Å². The Balaban J connectivity index is 1.71. The van der Waals surface area contributed by atoms with Crippen LogP contribution in [0.5, 0.6) is 0 Å². The normalized spacial score (nSPS) is 13.4. The molecule has 0 N–H and O–H groups in total. The number of hydrogen-bond donors (Lipinski definition) is 0. The molecule has 1 heterocycles. The molecule has 27 heavy (non-hydrogen) atoms. The number of carbonyl (C=O) groups excluding carboxylic acids is 2. The van der Waals surface area contributed by atoms with Crippen LogP contribution >= 0.6 is 0 Å². The number of fused-ring (bicyclic) bond motifs is 1. The Morgan fingerprint density at radius 3 is 2.56 bits per heavy atom. The lowest BCUT2D eigenvalue weighted by Gasteiger charge is -2.16. The zero-order valence-corrected chi connectivity index (χ0v) is 16.3. The van der Waals surface area contributed by atoms with E-state index in [2.05, 4.69) is 0 Å². The third kappa shape index (κ3) is 4.03. The molecule has 0 unspecified atom stereocenters. The Bertz CT molecular complexity index is 1030. The molecule has 7 heteroatoms. The molecule has 1 aliphatic rings. The molecule has 2 aromatic rings. The Labute approximate surface area is 158 Å². The predicted octanol–water partition coefficient (Wildman–Crippen LogP) is 2.67. The number of anilines is 1. The van der Waals surface area contributed by atoms with Gasteiger partial charge in [-0.2, -0.15) is 0 Å². The largest absolute Gasteiger partial charge is 0.454 e. The molecule has 2 aromatic carbocycles. The molecule has 0 aliphatic carbocycles. The van der Waals surface area contributed by atoms with E-state index in [9.17, 15) is 18.0 Å². The van der Waals surface area contributed by atoms with E-state index in [1.54, 1.807) is 24.3 Å². The number of Topliss-reactive ketones (excluding diaryl/α,β-unsaturated/α-hetero) is 1. The number of aryl methyl sites for hydroxylation is 2. The summed E-state index contributed by atoms with van der Waals surface area (Å²) in [5, 5.41) is 0. The van der Waals surface area contributed by atoms with Crippen molar-refractivity contribution in [1.82, 2.24) is 0 Å². The Kier molecular flexibility index (Phi) is 5.06. The Hall–Kier alpha value is -2.67.